The van der Waals surface area contributed by atoms with Crippen LogP contribution in [0.1, 0.15) is 30.2 Å². The first kappa shape index (κ1) is 21.8. The lowest BCUT2D eigenvalue weighted by Crippen LogP contribution is -2.09. The first-order valence-corrected chi connectivity index (χ1v) is 11.0. The van der Waals surface area contributed by atoms with Crippen molar-refractivity contribution >= 4 is 28.5 Å². The number of carbonyl (C=O) groups excluding carboxylic acids is 1. The number of nitrogens with zero attached hydrogens (tertiary/aromatic N) is 3. The van der Waals surface area contributed by atoms with Crippen LogP contribution in [-0.2, 0) is 0 Å². The molecule has 2 aromatic heterocycles. The summed E-state index contributed by atoms with van der Waals surface area (Å²) >= 11 is 1.27. The van der Waals surface area contributed by atoms with Gasteiger partial charge in [0.15, 0.2) is 28.2 Å². The largest absolute Gasteiger partial charge is 0.502 e. The Kier molecular flexibility index (Phi) is 6.09. The lowest BCUT2D eigenvalue weighted by Gasteiger charge is -2.14. The lowest BCUT2D eigenvalue weighted by molar-refractivity contribution is 0.101. The van der Waals surface area contributed by atoms with E-state index >= 15 is 0 Å². The summed E-state index contributed by atoms with van der Waals surface area (Å²) in [6, 6.07) is 12.8. The van der Waals surface area contributed by atoms with E-state index in [-0.39, 0.29) is 40.4 Å². The van der Waals surface area contributed by atoms with Gasteiger partial charge in [-0.2, -0.15) is 0 Å². The van der Waals surface area contributed by atoms with Crippen molar-refractivity contribution in [2.75, 3.05) is 20.0 Å². The summed E-state index contributed by atoms with van der Waals surface area (Å²) in [5.74, 6) is 1.21. The molecular weight excluding hydrogens is 430 g/mol. The number of phenols is 1. The van der Waals surface area contributed by atoms with Crippen LogP contribution in [0.25, 0.3) is 22.6 Å². The van der Waals surface area contributed by atoms with Crippen LogP contribution in [0.5, 0.6) is 17.2 Å². The van der Waals surface area contributed by atoms with Crippen molar-refractivity contribution in [3.05, 3.63) is 48.0 Å². The van der Waals surface area contributed by atoms with Crippen molar-refractivity contribution < 1.29 is 23.8 Å². The van der Waals surface area contributed by atoms with Gasteiger partial charge in [-0.1, -0.05) is 30.0 Å². The molecule has 0 bridgehead atoms. The molecule has 2 aromatic carbocycles. The molecule has 0 atom stereocenters. The summed E-state index contributed by atoms with van der Waals surface area (Å²) in [4.78, 5) is 12.9. The third-order valence-electron chi connectivity index (χ3n) is 4.98. The number of benzene rings is 2. The van der Waals surface area contributed by atoms with E-state index in [1.165, 1.54) is 32.0 Å². The Balaban J connectivity index is 1.60. The molecular formula is C23H23N3O5S. The fourth-order valence-corrected chi connectivity index (χ4v) is 4.40. The molecule has 0 aliphatic carbocycles. The maximum Gasteiger partial charge on any atom is 0.201 e. The molecule has 0 aliphatic rings. The number of phenolic OH excluding ortho intramolecular Hbond substituents is 1. The number of aromatic hydroxyl groups is 1. The predicted molar refractivity (Wildman–Crippen MR) is 122 cm³/mol. The molecule has 2 heterocycles. The Labute approximate surface area is 189 Å². The highest BCUT2D eigenvalue weighted by atomic mass is 32.2. The second-order valence-corrected chi connectivity index (χ2v) is 8.27. The van der Waals surface area contributed by atoms with E-state index in [9.17, 15) is 9.90 Å². The van der Waals surface area contributed by atoms with Crippen LogP contribution in [0.3, 0.4) is 0 Å². The monoisotopic (exact) mass is 453 g/mol. The summed E-state index contributed by atoms with van der Waals surface area (Å²) < 4.78 is 18.2. The second kappa shape index (κ2) is 8.96. The van der Waals surface area contributed by atoms with Crippen molar-refractivity contribution in [2.24, 2.45) is 0 Å². The van der Waals surface area contributed by atoms with Gasteiger partial charge < -0.3 is 19.0 Å². The van der Waals surface area contributed by atoms with Crippen molar-refractivity contribution in [3.8, 4) is 28.8 Å². The Bertz CT molecular complexity index is 1250. The second-order valence-electron chi connectivity index (χ2n) is 7.33. The molecule has 0 fully saturated rings. The number of rotatable bonds is 8. The highest BCUT2D eigenvalue weighted by molar-refractivity contribution is 7.99. The van der Waals surface area contributed by atoms with Crippen molar-refractivity contribution in [3.63, 3.8) is 0 Å². The Morgan fingerprint density at radius 3 is 2.62 bits per heavy atom. The van der Waals surface area contributed by atoms with Crippen molar-refractivity contribution in [1.82, 2.24) is 14.8 Å². The molecule has 0 aliphatic heterocycles. The summed E-state index contributed by atoms with van der Waals surface area (Å²) in [6.07, 6.45) is 0. The molecule has 0 radical (unpaired) electrons. The zero-order valence-electron chi connectivity index (χ0n) is 18.2. The quantitative estimate of drug-likeness (QED) is 0.295. The van der Waals surface area contributed by atoms with Crippen molar-refractivity contribution in [2.45, 2.75) is 25.0 Å². The van der Waals surface area contributed by atoms with Crippen LogP contribution >= 0.6 is 11.8 Å². The summed E-state index contributed by atoms with van der Waals surface area (Å²) in [5.41, 5.74) is 1.04. The van der Waals surface area contributed by atoms with Crippen LogP contribution < -0.4 is 9.47 Å². The van der Waals surface area contributed by atoms with Gasteiger partial charge in [-0.3, -0.25) is 9.36 Å². The zero-order valence-corrected chi connectivity index (χ0v) is 19.0. The van der Waals surface area contributed by atoms with Crippen LogP contribution in [0, 0.1) is 0 Å². The smallest absolute Gasteiger partial charge is 0.201 e. The van der Waals surface area contributed by atoms with Gasteiger partial charge in [-0.05, 0) is 38.1 Å². The van der Waals surface area contributed by atoms with Crippen LogP contribution in [0.4, 0.5) is 0 Å². The molecule has 0 saturated heterocycles. The number of ketones is 1. The van der Waals surface area contributed by atoms with E-state index in [0.29, 0.717) is 16.7 Å². The van der Waals surface area contributed by atoms with Gasteiger partial charge in [0, 0.05) is 11.4 Å². The number of thioether (sulfide) groups is 1. The molecule has 166 valence electrons. The van der Waals surface area contributed by atoms with E-state index in [1.54, 1.807) is 6.07 Å². The molecule has 0 saturated carbocycles. The van der Waals surface area contributed by atoms with Gasteiger partial charge in [0.2, 0.25) is 11.6 Å². The fraction of sp³-hybridized carbons (Fsp3) is 0.261. The minimum Gasteiger partial charge on any atom is -0.502 e. The fourth-order valence-electron chi connectivity index (χ4n) is 3.45. The van der Waals surface area contributed by atoms with Crippen LogP contribution in [0.15, 0.2) is 52.0 Å². The number of para-hydroxylation sites is 1. The molecule has 4 aromatic rings. The molecule has 1 N–H and O–H groups in total. The highest BCUT2D eigenvalue weighted by Crippen LogP contribution is 2.39. The molecule has 9 heteroatoms. The van der Waals surface area contributed by atoms with Crippen LogP contribution in [-0.4, -0.2) is 45.6 Å². The maximum absolute atomic E-state index is 12.9. The molecule has 8 nitrogen and oxygen atoms in total. The number of aromatic nitrogens is 3. The number of Topliss-reactive ketones (excluding diaryl/α,β-unsaturated/α-hetero) is 1. The van der Waals surface area contributed by atoms with Gasteiger partial charge in [-0.15, -0.1) is 10.2 Å². The van der Waals surface area contributed by atoms with Crippen LogP contribution in [0.2, 0.25) is 0 Å². The Morgan fingerprint density at radius 2 is 1.94 bits per heavy atom. The van der Waals surface area contributed by atoms with E-state index < -0.39 is 0 Å². The highest BCUT2D eigenvalue weighted by Gasteiger charge is 2.23. The average Bonchev–Trinajstić information content (AvgIpc) is 3.41. The number of fused-ring (bicyclic) bond motifs is 1. The van der Waals surface area contributed by atoms with Gasteiger partial charge in [0.25, 0.3) is 0 Å². The van der Waals surface area contributed by atoms with E-state index in [2.05, 4.69) is 10.2 Å². The van der Waals surface area contributed by atoms with Gasteiger partial charge >= 0.3 is 0 Å². The van der Waals surface area contributed by atoms with Gasteiger partial charge in [0.05, 0.1) is 25.5 Å². The number of hydrogen-bond acceptors (Lipinski definition) is 8. The van der Waals surface area contributed by atoms with Crippen molar-refractivity contribution in [1.29, 1.82) is 0 Å². The first-order chi connectivity index (χ1) is 15.4. The minimum absolute atomic E-state index is 0.0466. The Hall–Kier alpha value is -3.46. The SMILES string of the molecule is COc1ccc(C(=O)CSc2nnc(-c3cc4ccccc4o3)n2C(C)C)c(OC)c1O. The third-order valence-corrected chi connectivity index (χ3v) is 5.92. The summed E-state index contributed by atoms with van der Waals surface area (Å²) in [7, 11) is 2.83. The number of ether oxygens (including phenoxy) is 2. The molecule has 32 heavy (non-hydrogen) atoms. The first-order valence-electron chi connectivity index (χ1n) is 9.98. The van der Waals surface area contributed by atoms with Gasteiger partial charge in [-0.25, -0.2) is 0 Å². The van der Waals surface area contributed by atoms with Gasteiger partial charge in [0.1, 0.15) is 5.58 Å². The molecule has 0 amide bonds. The van der Waals surface area contributed by atoms with E-state index in [0.717, 1.165) is 11.0 Å². The minimum atomic E-state index is -0.214. The maximum atomic E-state index is 12.9. The third kappa shape index (κ3) is 3.91. The Morgan fingerprint density at radius 1 is 1.16 bits per heavy atom. The normalized spacial score (nSPS) is 11.3. The number of furan rings is 1. The lowest BCUT2D eigenvalue weighted by atomic mass is 10.1. The van der Waals surface area contributed by atoms with E-state index in [4.69, 9.17) is 13.9 Å². The van der Waals surface area contributed by atoms with E-state index in [1.807, 2.05) is 48.7 Å². The number of carbonyl (C=O) groups is 1. The molecule has 4 rings (SSSR count). The molecule has 0 spiro atoms. The standard InChI is InChI=1S/C23H23N3O5S/c1-13(2)26-22(19-11-14-7-5-6-8-17(14)31-19)24-25-23(26)32-12-16(27)15-9-10-18(29-3)20(28)21(15)30-4/h5-11,13,28H,12H2,1-4H3. The summed E-state index contributed by atoms with van der Waals surface area (Å²) in [5, 5.41) is 20.5. The number of methoxy groups -OCH3 is 2. The molecule has 0 unspecified atom stereocenters. The number of hydrogen-bond donors (Lipinski definition) is 1. The topological polar surface area (TPSA) is 99.6 Å². The summed E-state index contributed by atoms with van der Waals surface area (Å²) in [6.45, 7) is 4.04. The zero-order chi connectivity index (χ0) is 22.8. The average molecular weight is 454 g/mol. The predicted octanol–water partition coefficient (Wildman–Crippen LogP) is 4.97.